The number of aryl methyl sites for hydroxylation is 1. The van der Waals surface area contributed by atoms with Crippen LogP contribution in [-0.2, 0) is 7.05 Å². The first kappa shape index (κ1) is 11.9. The third-order valence-electron chi connectivity index (χ3n) is 2.85. The lowest BCUT2D eigenvalue weighted by Crippen LogP contribution is -1.84. The maximum absolute atomic E-state index is 5.98. The van der Waals surface area contributed by atoms with Crippen LogP contribution in [0.4, 0.5) is 0 Å². The highest BCUT2D eigenvalue weighted by Gasteiger charge is 1.97. The van der Waals surface area contributed by atoms with Gasteiger partial charge in [-0.05, 0) is 30.4 Å². The minimum Gasteiger partial charge on any atom is -0.275 e. The van der Waals surface area contributed by atoms with Crippen LogP contribution in [0.25, 0.3) is 23.1 Å². The SMILES string of the molecule is Cn1cc(C=Cc2ccc3ccc(Cl)cc3n2)cn1. The van der Waals surface area contributed by atoms with Crippen molar-refractivity contribution in [3.8, 4) is 0 Å². The summed E-state index contributed by atoms with van der Waals surface area (Å²) < 4.78 is 1.77. The van der Waals surface area contributed by atoms with Crippen molar-refractivity contribution in [2.24, 2.45) is 7.05 Å². The standard InChI is InChI=1S/C15H12ClN3/c1-19-10-11(9-17-19)2-6-14-7-4-12-3-5-13(16)8-15(12)18-14/h2-10H,1H3. The monoisotopic (exact) mass is 269 g/mol. The Morgan fingerprint density at radius 2 is 2.00 bits per heavy atom. The Morgan fingerprint density at radius 1 is 1.16 bits per heavy atom. The molecule has 0 fully saturated rings. The second-order valence-electron chi connectivity index (χ2n) is 4.35. The Balaban J connectivity index is 1.94. The van der Waals surface area contributed by atoms with Gasteiger partial charge in [0.05, 0.1) is 17.4 Å². The van der Waals surface area contributed by atoms with Crippen LogP contribution in [0.1, 0.15) is 11.3 Å². The molecule has 19 heavy (non-hydrogen) atoms. The first-order chi connectivity index (χ1) is 9.20. The van der Waals surface area contributed by atoms with Gasteiger partial charge in [0.1, 0.15) is 0 Å². The Morgan fingerprint density at radius 3 is 2.79 bits per heavy atom. The van der Waals surface area contributed by atoms with E-state index < -0.39 is 0 Å². The molecule has 3 aromatic rings. The predicted molar refractivity (Wildman–Crippen MR) is 78.9 cm³/mol. The molecule has 3 nitrogen and oxygen atoms in total. The van der Waals surface area contributed by atoms with Gasteiger partial charge in [-0.25, -0.2) is 4.98 Å². The molecule has 2 aromatic heterocycles. The lowest BCUT2D eigenvalue weighted by molar-refractivity contribution is 0.767. The van der Waals surface area contributed by atoms with Crippen LogP contribution in [-0.4, -0.2) is 14.8 Å². The lowest BCUT2D eigenvalue weighted by atomic mass is 10.2. The summed E-state index contributed by atoms with van der Waals surface area (Å²) in [6.45, 7) is 0. The Bertz CT molecular complexity index is 759. The number of rotatable bonds is 2. The summed E-state index contributed by atoms with van der Waals surface area (Å²) in [5.74, 6) is 0. The highest BCUT2D eigenvalue weighted by Crippen LogP contribution is 2.18. The highest BCUT2D eigenvalue weighted by molar-refractivity contribution is 6.31. The van der Waals surface area contributed by atoms with Crippen molar-refractivity contribution >= 4 is 34.7 Å². The third-order valence-corrected chi connectivity index (χ3v) is 3.08. The molecule has 0 N–H and O–H groups in total. The van der Waals surface area contributed by atoms with E-state index >= 15 is 0 Å². The van der Waals surface area contributed by atoms with Crippen molar-refractivity contribution in [3.05, 3.63) is 59.0 Å². The molecule has 0 amide bonds. The van der Waals surface area contributed by atoms with Crippen LogP contribution in [0, 0.1) is 0 Å². The maximum Gasteiger partial charge on any atom is 0.0724 e. The molecular weight excluding hydrogens is 258 g/mol. The first-order valence-corrected chi connectivity index (χ1v) is 6.31. The van der Waals surface area contributed by atoms with Crippen LogP contribution in [0.3, 0.4) is 0 Å². The van der Waals surface area contributed by atoms with E-state index in [2.05, 4.69) is 10.1 Å². The number of hydrogen-bond donors (Lipinski definition) is 0. The lowest BCUT2D eigenvalue weighted by Gasteiger charge is -1.99. The second-order valence-corrected chi connectivity index (χ2v) is 4.79. The smallest absolute Gasteiger partial charge is 0.0724 e. The van der Waals surface area contributed by atoms with Gasteiger partial charge in [0.2, 0.25) is 0 Å². The minimum absolute atomic E-state index is 0.702. The van der Waals surface area contributed by atoms with Gasteiger partial charge in [-0.2, -0.15) is 5.10 Å². The number of hydrogen-bond acceptors (Lipinski definition) is 2. The first-order valence-electron chi connectivity index (χ1n) is 5.94. The number of halogens is 1. The van der Waals surface area contributed by atoms with Crippen LogP contribution in [0.2, 0.25) is 5.02 Å². The number of nitrogens with zero attached hydrogens (tertiary/aromatic N) is 3. The highest BCUT2D eigenvalue weighted by atomic mass is 35.5. The van der Waals surface area contributed by atoms with Gasteiger partial charge in [-0.15, -0.1) is 0 Å². The fraction of sp³-hybridized carbons (Fsp3) is 0.0667. The van der Waals surface area contributed by atoms with Crippen molar-refractivity contribution in [2.45, 2.75) is 0 Å². The summed E-state index contributed by atoms with van der Waals surface area (Å²) in [5, 5.41) is 5.91. The summed E-state index contributed by atoms with van der Waals surface area (Å²) >= 11 is 5.98. The van der Waals surface area contributed by atoms with E-state index in [1.165, 1.54) is 0 Å². The summed E-state index contributed by atoms with van der Waals surface area (Å²) in [7, 11) is 1.90. The Labute approximate surface area is 116 Å². The average molecular weight is 270 g/mol. The van der Waals surface area contributed by atoms with Crippen LogP contribution in [0.5, 0.6) is 0 Å². The van der Waals surface area contributed by atoms with Crippen LogP contribution >= 0.6 is 11.6 Å². The molecule has 0 aliphatic heterocycles. The predicted octanol–water partition coefficient (Wildman–Crippen LogP) is 3.79. The molecule has 3 rings (SSSR count). The zero-order valence-corrected chi connectivity index (χ0v) is 11.2. The Kier molecular flexibility index (Phi) is 3.05. The molecule has 2 heterocycles. The minimum atomic E-state index is 0.702. The molecule has 0 unspecified atom stereocenters. The van der Waals surface area contributed by atoms with Crippen molar-refractivity contribution in [1.29, 1.82) is 0 Å². The van der Waals surface area contributed by atoms with Gasteiger partial charge in [-0.1, -0.05) is 23.7 Å². The van der Waals surface area contributed by atoms with Gasteiger partial charge in [-0.3, -0.25) is 4.68 Å². The molecule has 0 saturated carbocycles. The number of benzene rings is 1. The average Bonchev–Trinajstić information content (AvgIpc) is 2.81. The number of aromatic nitrogens is 3. The maximum atomic E-state index is 5.98. The van der Waals surface area contributed by atoms with E-state index in [0.29, 0.717) is 5.02 Å². The molecule has 0 aliphatic rings. The molecule has 1 aromatic carbocycles. The number of pyridine rings is 1. The van der Waals surface area contributed by atoms with E-state index in [1.54, 1.807) is 4.68 Å². The topological polar surface area (TPSA) is 30.7 Å². The molecule has 0 aliphatic carbocycles. The van der Waals surface area contributed by atoms with Gasteiger partial charge in [0.25, 0.3) is 0 Å². The van der Waals surface area contributed by atoms with Crippen LogP contribution < -0.4 is 0 Å². The molecule has 0 bridgehead atoms. The molecule has 0 spiro atoms. The molecule has 0 atom stereocenters. The van der Waals surface area contributed by atoms with E-state index in [1.807, 2.05) is 61.9 Å². The largest absolute Gasteiger partial charge is 0.275 e. The van der Waals surface area contributed by atoms with Gasteiger partial charge < -0.3 is 0 Å². The normalized spacial score (nSPS) is 11.5. The van der Waals surface area contributed by atoms with Gasteiger partial charge in [0.15, 0.2) is 0 Å². The van der Waals surface area contributed by atoms with Crippen molar-refractivity contribution in [1.82, 2.24) is 14.8 Å². The van der Waals surface area contributed by atoms with Gasteiger partial charge in [0, 0.05) is 29.2 Å². The zero-order valence-electron chi connectivity index (χ0n) is 10.4. The summed E-state index contributed by atoms with van der Waals surface area (Å²) in [5.41, 5.74) is 2.86. The van der Waals surface area contributed by atoms with Crippen molar-refractivity contribution < 1.29 is 0 Å². The Hall–Kier alpha value is -2.13. The molecule has 0 saturated heterocycles. The number of fused-ring (bicyclic) bond motifs is 1. The van der Waals surface area contributed by atoms with Crippen molar-refractivity contribution in [2.75, 3.05) is 0 Å². The quantitative estimate of drug-likeness (QED) is 0.709. The van der Waals surface area contributed by atoms with Crippen molar-refractivity contribution in [3.63, 3.8) is 0 Å². The zero-order chi connectivity index (χ0) is 13.2. The van der Waals surface area contributed by atoms with E-state index in [-0.39, 0.29) is 0 Å². The summed E-state index contributed by atoms with van der Waals surface area (Å²) in [6.07, 6.45) is 7.73. The van der Waals surface area contributed by atoms with E-state index in [9.17, 15) is 0 Å². The van der Waals surface area contributed by atoms with E-state index in [0.717, 1.165) is 22.2 Å². The molecule has 0 radical (unpaired) electrons. The third kappa shape index (κ3) is 2.66. The molecule has 94 valence electrons. The fourth-order valence-corrected chi connectivity index (χ4v) is 2.07. The fourth-order valence-electron chi connectivity index (χ4n) is 1.91. The molecular formula is C15H12ClN3. The summed E-state index contributed by atoms with van der Waals surface area (Å²) in [6, 6.07) is 9.75. The van der Waals surface area contributed by atoms with Gasteiger partial charge >= 0.3 is 0 Å². The van der Waals surface area contributed by atoms with E-state index in [4.69, 9.17) is 11.6 Å². The summed E-state index contributed by atoms with van der Waals surface area (Å²) in [4.78, 5) is 4.56. The molecule has 4 heteroatoms. The second kappa shape index (κ2) is 4.86. The van der Waals surface area contributed by atoms with Crippen LogP contribution in [0.15, 0.2) is 42.7 Å².